The number of benzene rings is 2. The van der Waals surface area contributed by atoms with Gasteiger partial charge < -0.3 is 19.4 Å². The van der Waals surface area contributed by atoms with Gasteiger partial charge in [-0.1, -0.05) is 60.9 Å². The lowest BCUT2D eigenvalue weighted by atomic mass is 10.2. The van der Waals surface area contributed by atoms with Crippen LogP contribution in [-0.4, -0.2) is 33.5 Å². The summed E-state index contributed by atoms with van der Waals surface area (Å²) in [5.41, 5.74) is 0.509. The van der Waals surface area contributed by atoms with Crippen molar-refractivity contribution in [3.63, 3.8) is 0 Å². The van der Waals surface area contributed by atoms with Crippen molar-refractivity contribution in [3.05, 3.63) is 58.3 Å². The van der Waals surface area contributed by atoms with Crippen LogP contribution in [0.5, 0.6) is 11.5 Å². The topological polar surface area (TPSA) is 78.3 Å². The molecule has 3 rings (SSSR count). The molecule has 1 amide bonds. The zero-order valence-electron chi connectivity index (χ0n) is 18.8. The van der Waals surface area contributed by atoms with Crippen molar-refractivity contribution in [2.75, 3.05) is 18.2 Å². The van der Waals surface area contributed by atoms with Crippen LogP contribution >= 0.6 is 35.0 Å². The number of hydrogen-bond acceptors (Lipinski definition) is 6. The summed E-state index contributed by atoms with van der Waals surface area (Å²) in [5.74, 6) is 2.24. The summed E-state index contributed by atoms with van der Waals surface area (Å²) >= 11 is 13.4. The number of para-hydroxylation sites is 2. The first kappa shape index (κ1) is 25.2. The summed E-state index contributed by atoms with van der Waals surface area (Å²) in [6.45, 7) is 6.82. The summed E-state index contributed by atoms with van der Waals surface area (Å²) < 4.78 is 13.5. The number of nitrogens with zero attached hydrogens (tertiary/aromatic N) is 3. The van der Waals surface area contributed by atoms with Gasteiger partial charge in [0.25, 0.3) is 0 Å². The Hall–Kier alpha value is -2.42. The van der Waals surface area contributed by atoms with Crippen molar-refractivity contribution in [3.8, 4) is 11.5 Å². The molecule has 0 fully saturated rings. The van der Waals surface area contributed by atoms with Gasteiger partial charge in [-0.15, -0.1) is 10.2 Å². The van der Waals surface area contributed by atoms with Gasteiger partial charge in [-0.25, -0.2) is 0 Å². The third kappa shape index (κ3) is 6.79. The van der Waals surface area contributed by atoms with Crippen molar-refractivity contribution in [1.82, 2.24) is 14.8 Å². The minimum atomic E-state index is -0.372. The molecule has 0 radical (unpaired) electrons. The van der Waals surface area contributed by atoms with E-state index < -0.39 is 0 Å². The van der Waals surface area contributed by atoms with Crippen molar-refractivity contribution >= 4 is 46.6 Å². The number of thioether (sulfide) groups is 1. The minimum absolute atomic E-state index is 0.150. The Morgan fingerprint density at radius 3 is 2.52 bits per heavy atom. The highest BCUT2D eigenvalue weighted by atomic mass is 35.5. The summed E-state index contributed by atoms with van der Waals surface area (Å²) in [5, 5.41) is 13.0. The lowest BCUT2D eigenvalue weighted by molar-refractivity contribution is -0.113. The van der Waals surface area contributed by atoms with E-state index in [-0.39, 0.29) is 17.8 Å². The molecule has 0 aliphatic heterocycles. The van der Waals surface area contributed by atoms with Gasteiger partial charge >= 0.3 is 0 Å². The van der Waals surface area contributed by atoms with E-state index in [1.165, 1.54) is 11.8 Å². The van der Waals surface area contributed by atoms with E-state index in [0.29, 0.717) is 50.7 Å². The molecule has 1 N–H and O–H groups in total. The second-order valence-electron chi connectivity index (χ2n) is 7.72. The van der Waals surface area contributed by atoms with E-state index in [9.17, 15) is 4.79 Å². The number of carbonyl (C=O) groups is 1. The van der Waals surface area contributed by atoms with Crippen LogP contribution in [0.2, 0.25) is 10.0 Å². The van der Waals surface area contributed by atoms with E-state index in [4.69, 9.17) is 32.7 Å². The number of ether oxygens (including phenoxy) is 2. The fourth-order valence-corrected chi connectivity index (χ4v) is 4.32. The van der Waals surface area contributed by atoms with Gasteiger partial charge in [0.15, 0.2) is 28.6 Å². The summed E-state index contributed by atoms with van der Waals surface area (Å²) in [4.78, 5) is 12.5. The first-order valence-electron chi connectivity index (χ1n) is 10.4. The van der Waals surface area contributed by atoms with E-state index in [1.54, 1.807) is 25.3 Å². The second kappa shape index (κ2) is 11.6. The smallest absolute Gasteiger partial charge is 0.234 e. The molecular formula is C23H26Cl2N4O3S. The third-order valence-electron chi connectivity index (χ3n) is 4.57. The maximum atomic E-state index is 12.5. The largest absolute Gasteiger partial charge is 0.493 e. The Bertz CT molecular complexity index is 1110. The lowest BCUT2D eigenvalue weighted by Crippen LogP contribution is -2.17. The highest BCUT2D eigenvalue weighted by molar-refractivity contribution is 7.99. The normalized spacial score (nSPS) is 12.0. The molecule has 10 heteroatoms. The van der Waals surface area contributed by atoms with Crippen LogP contribution in [0.4, 0.5) is 5.69 Å². The Morgan fingerprint density at radius 2 is 1.85 bits per heavy atom. The monoisotopic (exact) mass is 508 g/mol. The minimum Gasteiger partial charge on any atom is -0.493 e. The van der Waals surface area contributed by atoms with Gasteiger partial charge in [-0.2, -0.15) is 0 Å². The molecule has 33 heavy (non-hydrogen) atoms. The van der Waals surface area contributed by atoms with Crippen LogP contribution in [0, 0.1) is 5.92 Å². The van der Waals surface area contributed by atoms with E-state index >= 15 is 0 Å². The number of aromatic nitrogens is 3. The summed E-state index contributed by atoms with van der Waals surface area (Å²) in [7, 11) is 1.60. The molecule has 1 atom stereocenters. The third-order valence-corrected chi connectivity index (χ3v) is 6.08. The number of anilines is 1. The molecule has 0 aliphatic rings. The SMILES string of the molecule is COc1ccccc1OC(C)c1nnc(SCC(=O)Nc2ccc(Cl)cc2Cl)n1CC(C)C. The zero-order valence-corrected chi connectivity index (χ0v) is 21.2. The molecule has 0 saturated carbocycles. The fraction of sp³-hybridized carbons (Fsp3) is 0.348. The molecule has 1 aromatic heterocycles. The molecular weight excluding hydrogens is 483 g/mol. The molecule has 0 spiro atoms. The predicted octanol–water partition coefficient (Wildman–Crippen LogP) is 6.12. The van der Waals surface area contributed by atoms with Crippen LogP contribution in [0.1, 0.15) is 32.7 Å². The van der Waals surface area contributed by atoms with Crippen molar-refractivity contribution in [2.45, 2.75) is 38.6 Å². The molecule has 7 nitrogen and oxygen atoms in total. The first-order valence-corrected chi connectivity index (χ1v) is 12.1. The molecule has 0 saturated heterocycles. The average molecular weight is 509 g/mol. The standard InChI is InChI=1S/C23H26Cl2N4O3S/c1-14(2)12-29-22(15(3)32-20-8-6-5-7-19(20)31-4)27-28-23(29)33-13-21(30)26-18-10-9-16(24)11-17(18)25/h5-11,14-15H,12-13H2,1-4H3,(H,26,30). The number of hydrogen-bond donors (Lipinski definition) is 1. The number of carbonyl (C=O) groups excluding carboxylic acids is 1. The molecule has 1 unspecified atom stereocenters. The molecule has 176 valence electrons. The van der Waals surface area contributed by atoms with Gasteiger partial charge in [0.2, 0.25) is 5.91 Å². The Labute approximate surface area is 207 Å². The van der Waals surface area contributed by atoms with Crippen LogP contribution in [0.25, 0.3) is 0 Å². The van der Waals surface area contributed by atoms with Gasteiger partial charge in [-0.3, -0.25) is 4.79 Å². The van der Waals surface area contributed by atoms with Crippen LogP contribution < -0.4 is 14.8 Å². The van der Waals surface area contributed by atoms with E-state index in [2.05, 4.69) is 29.4 Å². The first-order chi connectivity index (χ1) is 15.8. The molecule has 3 aromatic rings. The Morgan fingerprint density at radius 1 is 1.12 bits per heavy atom. The fourth-order valence-electron chi connectivity index (χ4n) is 3.11. The number of halogens is 2. The maximum Gasteiger partial charge on any atom is 0.234 e. The Kier molecular flexibility index (Phi) is 8.88. The molecule has 0 aliphatic carbocycles. The van der Waals surface area contributed by atoms with Gasteiger partial charge in [0, 0.05) is 11.6 Å². The molecule has 1 heterocycles. The maximum absolute atomic E-state index is 12.5. The number of amides is 1. The highest BCUT2D eigenvalue weighted by Crippen LogP contribution is 2.31. The van der Waals surface area contributed by atoms with E-state index in [1.807, 2.05) is 35.8 Å². The van der Waals surface area contributed by atoms with Crippen molar-refractivity contribution < 1.29 is 14.3 Å². The molecule has 0 bridgehead atoms. The second-order valence-corrected chi connectivity index (χ2v) is 9.50. The van der Waals surface area contributed by atoms with Crippen molar-refractivity contribution in [1.29, 1.82) is 0 Å². The average Bonchev–Trinajstić information content (AvgIpc) is 3.16. The number of rotatable bonds is 10. The molecule has 2 aromatic carbocycles. The van der Waals surface area contributed by atoms with Gasteiger partial charge in [0.1, 0.15) is 0 Å². The highest BCUT2D eigenvalue weighted by Gasteiger charge is 2.22. The van der Waals surface area contributed by atoms with Crippen LogP contribution in [0.15, 0.2) is 47.6 Å². The quantitative estimate of drug-likeness (QED) is 0.332. The number of nitrogens with one attached hydrogen (secondary N) is 1. The van der Waals surface area contributed by atoms with Gasteiger partial charge in [0.05, 0.1) is 23.6 Å². The van der Waals surface area contributed by atoms with Crippen LogP contribution in [-0.2, 0) is 11.3 Å². The number of methoxy groups -OCH3 is 1. The summed E-state index contributed by atoms with van der Waals surface area (Å²) in [6.07, 6.45) is -0.372. The predicted molar refractivity (Wildman–Crippen MR) is 133 cm³/mol. The van der Waals surface area contributed by atoms with Crippen molar-refractivity contribution in [2.24, 2.45) is 5.92 Å². The Balaban J connectivity index is 1.72. The van der Waals surface area contributed by atoms with Crippen LogP contribution in [0.3, 0.4) is 0 Å². The van der Waals surface area contributed by atoms with Gasteiger partial charge in [-0.05, 0) is 43.2 Å². The lowest BCUT2D eigenvalue weighted by Gasteiger charge is -2.19. The summed E-state index contributed by atoms with van der Waals surface area (Å²) in [6, 6.07) is 12.4. The van der Waals surface area contributed by atoms with E-state index in [0.717, 1.165) is 0 Å². The zero-order chi connectivity index (χ0) is 24.0.